The minimum atomic E-state index is -0.0762. The quantitative estimate of drug-likeness (QED) is 0.863. The lowest BCUT2D eigenvalue weighted by atomic mass is 10.1. The first kappa shape index (κ1) is 14.2. The number of thiophene rings is 1. The van der Waals surface area contributed by atoms with Gasteiger partial charge in [-0.15, -0.1) is 11.3 Å². The van der Waals surface area contributed by atoms with Crippen molar-refractivity contribution in [1.82, 2.24) is 0 Å². The van der Waals surface area contributed by atoms with Crippen LogP contribution < -0.4 is 0 Å². The molecular weight excluding hydrogens is 272 g/mol. The molecular formula is C16H16OS2. The summed E-state index contributed by atoms with van der Waals surface area (Å²) in [7, 11) is 0. The van der Waals surface area contributed by atoms with Crippen LogP contribution in [0.1, 0.15) is 21.6 Å². The van der Waals surface area contributed by atoms with Crippen molar-refractivity contribution in [3.05, 3.63) is 57.3 Å². The van der Waals surface area contributed by atoms with Gasteiger partial charge in [0, 0.05) is 27.3 Å². The van der Waals surface area contributed by atoms with Gasteiger partial charge in [-0.2, -0.15) is 11.8 Å². The summed E-state index contributed by atoms with van der Waals surface area (Å²) in [4.78, 5) is 1.33. The second-order valence-electron chi connectivity index (χ2n) is 4.18. The number of hydrogen-bond acceptors (Lipinski definition) is 3. The van der Waals surface area contributed by atoms with E-state index in [0.29, 0.717) is 0 Å². The summed E-state index contributed by atoms with van der Waals surface area (Å²) < 4.78 is 0. The summed E-state index contributed by atoms with van der Waals surface area (Å²) in [6.07, 6.45) is 0. The van der Waals surface area contributed by atoms with E-state index in [9.17, 15) is 0 Å². The summed E-state index contributed by atoms with van der Waals surface area (Å²) in [5.74, 6) is 7.66. The van der Waals surface area contributed by atoms with Gasteiger partial charge in [0.05, 0.1) is 0 Å². The van der Waals surface area contributed by atoms with Crippen molar-refractivity contribution in [2.75, 3.05) is 6.61 Å². The third kappa shape index (κ3) is 4.43. The predicted octanol–water partition coefficient (Wildman–Crippen LogP) is 3.83. The summed E-state index contributed by atoms with van der Waals surface area (Å²) >= 11 is 3.66. The molecule has 3 heteroatoms. The first-order valence-corrected chi connectivity index (χ1v) is 8.12. The van der Waals surface area contributed by atoms with Crippen LogP contribution in [0.3, 0.4) is 0 Å². The Bertz CT molecular complexity index is 590. The Kier molecular flexibility index (Phi) is 5.53. The zero-order chi connectivity index (χ0) is 13.5. The molecule has 0 aliphatic carbocycles. The fourth-order valence-corrected chi connectivity index (χ4v) is 3.75. The molecule has 98 valence electrons. The van der Waals surface area contributed by atoms with E-state index in [1.54, 1.807) is 11.3 Å². The maximum absolute atomic E-state index is 8.65. The average molecular weight is 288 g/mol. The van der Waals surface area contributed by atoms with Crippen molar-refractivity contribution in [3.8, 4) is 11.8 Å². The molecule has 0 amide bonds. The molecule has 2 rings (SSSR count). The Hall–Kier alpha value is -1.21. The first-order valence-electron chi connectivity index (χ1n) is 6.09. The highest BCUT2D eigenvalue weighted by atomic mass is 32.2. The number of hydrogen-bond donors (Lipinski definition) is 1. The van der Waals surface area contributed by atoms with Gasteiger partial charge in [-0.25, -0.2) is 0 Å². The van der Waals surface area contributed by atoms with Crippen molar-refractivity contribution in [1.29, 1.82) is 0 Å². The van der Waals surface area contributed by atoms with E-state index >= 15 is 0 Å². The maximum atomic E-state index is 8.65. The molecule has 0 saturated heterocycles. The van der Waals surface area contributed by atoms with Gasteiger partial charge >= 0.3 is 0 Å². The van der Waals surface area contributed by atoms with Crippen LogP contribution in [-0.4, -0.2) is 11.7 Å². The smallest absolute Gasteiger partial charge is 0.104 e. The highest BCUT2D eigenvalue weighted by Gasteiger charge is 2.01. The molecule has 1 aromatic heterocycles. The van der Waals surface area contributed by atoms with Crippen molar-refractivity contribution >= 4 is 23.1 Å². The normalized spacial score (nSPS) is 10.0. The Labute approximate surface area is 122 Å². The molecule has 19 heavy (non-hydrogen) atoms. The van der Waals surface area contributed by atoms with Crippen LogP contribution in [0.25, 0.3) is 0 Å². The molecule has 0 aliphatic rings. The van der Waals surface area contributed by atoms with Gasteiger partial charge < -0.3 is 5.11 Å². The second-order valence-corrected chi connectivity index (χ2v) is 6.16. The molecule has 0 fully saturated rings. The molecule has 0 atom stereocenters. The van der Waals surface area contributed by atoms with Crippen LogP contribution >= 0.6 is 23.1 Å². The van der Waals surface area contributed by atoms with Gasteiger partial charge in [-0.3, -0.25) is 0 Å². The predicted molar refractivity (Wildman–Crippen MR) is 84.5 cm³/mol. The van der Waals surface area contributed by atoms with E-state index < -0.39 is 0 Å². The van der Waals surface area contributed by atoms with Crippen LogP contribution in [0, 0.1) is 18.8 Å². The van der Waals surface area contributed by atoms with Gasteiger partial charge in [0.15, 0.2) is 0 Å². The van der Waals surface area contributed by atoms with E-state index in [0.717, 1.165) is 17.1 Å². The fraction of sp³-hybridized carbons (Fsp3) is 0.250. The Morgan fingerprint density at radius 2 is 2.11 bits per heavy atom. The topological polar surface area (TPSA) is 20.2 Å². The SMILES string of the molecule is Cc1ccccc1CSCc1cc(C#CCO)cs1. The van der Waals surface area contributed by atoms with Crippen molar-refractivity contribution in [2.45, 2.75) is 18.4 Å². The molecule has 1 N–H and O–H groups in total. The van der Waals surface area contributed by atoms with E-state index in [2.05, 4.69) is 49.1 Å². The molecule has 1 heterocycles. The van der Waals surface area contributed by atoms with Gasteiger partial charge in [-0.1, -0.05) is 36.1 Å². The number of thioether (sulfide) groups is 1. The van der Waals surface area contributed by atoms with E-state index in [4.69, 9.17) is 5.11 Å². The largest absolute Gasteiger partial charge is 0.384 e. The molecule has 0 radical (unpaired) electrons. The first-order chi connectivity index (χ1) is 9.29. The van der Waals surface area contributed by atoms with Crippen LogP contribution in [-0.2, 0) is 11.5 Å². The van der Waals surface area contributed by atoms with Crippen molar-refractivity contribution in [3.63, 3.8) is 0 Å². The average Bonchev–Trinajstić information content (AvgIpc) is 2.86. The van der Waals surface area contributed by atoms with E-state index in [1.807, 2.05) is 17.1 Å². The molecule has 2 aromatic rings. The Balaban J connectivity index is 1.86. The molecule has 1 nitrogen and oxygen atoms in total. The zero-order valence-corrected chi connectivity index (χ0v) is 12.5. The van der Waals surface area contributed by atoms with Crippen molar-refractivity contribution < 1.29 is 5.11 Å². The minimum absolute atomic E-state index is 0.0762. The van der Waals surface area contributed by atoms with Crippen LogP contribution in [0.5, 0.6) is 0 Å². The third-order valence-corrected chi connectivity index (χ3v) is 4.88. The zero-order valence-electron chi connectivity index (χ0n) is 10.8. The Morgan fingerprint density at radius 3 is 2.89 bits per heavy atom. The van der Waals surface area contributed by atoms with Crippen LogP contribution in [0.2, 0.25) is 0 Å². The lowest BCUT2D eigenvalue weighted by molar-refractivity contribution is 0.350. The molecule has 0 bridgehead atoms. The monoisotopic (exact) mass is 288 g/mol. The van der Waals surface area contributed by atoms with Crippen molar-refractivity contribution in [2.24, 2.45) is 0 Å². The summed E-state index contributed by atoms with van der Waals surface area (Å²) in [5, 5.41) is 10.7. The van der Waals surface area contributed by atoms with E-state index in [-0.39, 0.29) is 6.61 Å². The number of rotatable bonds is 4. The molecule has 0 aliphatic heterocycles. The maximum Gasteiger partial charge on any atom is 0.104 e. The lowest BCUT2D eigenvalue weighted by Crippen LogP contribution is -1.85. The molecule has 0 spiro atoms. The number of aliphatic hydroxyl groups is 1. The molecule has 0 saturated carbocycles. The van der Waals surface area contributed by atoms with Crippen LogP contribution in [0.15, 0.2) is 35.7 Å². The van der Waals surface area contributed by atoms with Gasteiger partial charge in [-0.05, 0) is 24.1 Å². The van der Waals surface area contributed by atoms with Gasteiger partial charge in [0.25, 0.3) is 0 Å². The van der Waals surface area contributed by atoms with Gasteiger partial charge in [0.1, 0.15) is 6.61 Å². The number of aryl methyl sites for hydroxylation is 1. The van der Waals surface area contributed by atoms with Crippen LogP contribution in [0.4, 0.5) is 0 Å². The summed E-state index contributed by atoms with van der Waals surface area (Å²) in [5.41, 5.74) is 3.77. The second kappa shape index (κ2) is 7.40. The van der Waals surface area contributed by atoms with Gasteiger partial charge in [0.2, 0.25) is 0 Å². The summed E-state index contributed by atoms with van der Waals surface area (Å²) in [6.45, 7) is 2.08. The lowest BCUT2D eigenvalue weighted by Gasteiger charge is -2.04. The Morgan fingerprint density at radius 1 is 1.26 bits per heavy atom. The molecule has 0 unspecified atom stereocenters. The fourth-order valence-electron chi connectivity index (χ4n) is 1.70. The highest BCUT2D eigenvalue weighted by Crippen LogP contribution is 2.23. The van der Waals surface area contributed by atoms with E-state index in [1.165, 1.54) is 16.0 Å². The highest BCUT2D eigenvalue weighted by molar-refractivity contribution is 7.97. The third-order valence-electron chi connectivity index (χ3n) is 2.73. The summed E-state index contributed by atoms with van der Waals surface area (Å²) in [6, 6.07) is 10.6. The minimum Gasteiger partial charge on any atom is -0.384 e. The standard InChI is InChI=1S/C16H16OS2/c1-13-5-2-3-7-15(13)11-18-12-16-9-14(10-19-16)6-4-8-17/h2-3,5,7,9-10,17H,8,11-12H2,1H3. The number of benzene rings is 1. The number of aliphatic hydroxyl groups excluding tert-OH is 1. The molecule has 1 aromatic carbocycles.